The monoisotopic (exact) mass is 398 g/mol. The largest absolute Gasteiger partial charge is 0.493 e. The van der Waals surface area contributed by atoms with E-state index in [-0.39, 0.29) is 29.5 Å². The van der Waals surface area contributed by atoms with Gasteiger partial charge in [-0.3, -0.25) is 9.59 Å². The van der Waals surface area contributed by atoms with Crippen LogP contribution >= 0.6 is 0 Å². The summed E-state index contributed by atoms with van der Waals surface area (Å²) in [6, 6.07) is 3.87. The molecule has 0 aliphatic heterocycles. The number of alkyl halides is 2. The van der Waals surface area contributed by atoms with Gasteiger partial charge >= 0.3 is 6.61 Å². The third-order valence-corrected chi connectivity index (χ3v) is 5.07. The molecule has 1 N–H and O–H groups in total. The Bertz CT molecular complexity index is 664. The molecule has 0 radical (unpaired) electrons. The van der Waals surface area contributed by atoms with E-state index in [0.717, 1.165) is 6.42 Å². The molecule has 2 rings (SSSR count). The van der Waals surface area contributed by atoms with Gasteiger partial charge in [0.25, 0.3) is 5.91 Å². The average molecular weight is 398 g/mol. The number of ether oxygens (including phenoxy) is 2. The van der Waals surface area contributed by atoms with Gasteiger partial charge in [-0.05, 0) is 30.5 Å². The van der Waals surface area contributed by atoms with Crippen molar-refractivity contribution in [2.24, 2.45) is 5.92 Å². The summed E-state index contributed by atoms with van der Waals surface area (Å²) < 4.78 is 34.0. The third kappa shape index (κ3) is 6.65. The first-order valence-electron chi connectivity index (χ1n) is 9.55. The molecule has 8 heteroatoms. The molecule has 0 spiro atoms. The molecule has 28 heavy (non-hydrogen) atoms. The van der Waals surface area contributed by atoms with E-state index in [0.29, 0.717) is 12.5 Å². The van der Waals surface area contributed by atoms with E-state index >= 15 is 0 Å². The molecule has 0 saturated heterocycles. The number of nitrogens with zero attached hydrogens (tertiary/aromatic N) is 1. The number of nitrogens with one attached hydrogen (secondary N) is 1. The first-order valence-corrected chi connectivity index (χ1v) is 9.55. The topological polar surface area (TPSA) is 67.9 Å². The summed E-state index contributed by atoms with van der Waals surface area (Å²) in [5.41, 5.74) is 0.191. The number of likely N-dealkylation sites (N-methyl/N-ethyl adjacent to an activating group) is 1. The van der Waals surface area contributed by atoms with Crippen LogP contribution in [0.2, 0.25) is 0 Å². The molecule has 6 nitrogen and oxygen atoms in total. The van der Waals surface area contributed by atoms with Crippen LogP contribution in [0.4, 0.5) is 8.78 Å². The molecule has 1 aromatic rings. The normalized spacial score (nSPS) is 14.6. The summed E-state index contributed by atoms with van der Waals surface area (Å²) in [7, 11) is 3.02. The maximum absolute atomic E-state index is 12.4. The van der Waals surface area contributed by atoms with Crippen molar-refractivity contribution in [2.45, 2.75) is 45.1 Å². The molecule has 2 amide bonds. The van der Waals surface area contributed by atoms with Crippen LogP contribution in [0.15, 0.2) is 18.2 Å². The minimum Gasteiger partial charge on any atom is -0.493 e. The van der Waals surface area contributed by atoms with Crippen LogP contribution in [-0.4, -0.2) is 50.6 Å². The molecule has 1 saturated carbocycles. The zero-order chi connectivity index (χ0) is 20.5. The fraction of sp³-hybridized carbons (Fsp3) is 0.600. The van der Waals surface area contributed by atoms with E-state index in [1.807, 2.05) is 0 Å². The number of hydrogen-bond donors (Lipinski definition) is 1. The highest BCUT2D eigenvalue weighted by Gasteiger charge is 2.18. The molecule has 1 fully saturated rings. The Labute approximate surface area is 164 Å². The Morgan fingerprint density at radius 3 is 2.57 bits per heavy atom. The predicted molar refractivity (Wildman–Crippen MR) is 101 cm³/mol. The minimum atomic E-state index is -2.99. The van der Waals surface area contributed by atoms with Gasteiger partial charge in [-0.25, -0.2) is 0 Å². The van der Waals surface area contributed by atoms with Gasteiger partial charge < -0.3 is 19.7 Å². The fourth-order valence-corrected chi connectivity index (χ4v) is 3.37. The number of halogens is 2. The molecule has 0 bridgehead atoms. The van der Waals surface area contributed by atoms with Gasteiger partial charge in [-0.15, -0.1) is 0 Å². The Balaban J connectivity index is 1.82. The Morgan fingerprint density at radius 2 is 1.93 bits per heavy atom. The first kappa shape index (κ1) is 21.9. The molecule has 1 aliphatic rings. The second kappa shape index (κ2) is 10.8. The van der Waals surface area contributed by atoms with Crippen molar-refractivity contribution in [3.63, 3.8) is 0 Å². The highest BCUT2D eigenvalue weighted by atomic mass is 19.3. The average Bonchev–Trinajstić information content (AvgIpc) is 2.70. The lowest BCUT2D eigenvalue weighted by atomic mass is 9.87. The van der Waals surface area contributed by atoms with E-state index in [4.69, 9.17) is 4.74 Å². The second-order valence-corrected chi connectivity index (χ2v) is 7.03. The van der Waals surface area contributed by atoms with E-state index in [2.05, 4.69) is 10.1 Å². The van der Waals surface area contributed by atoms with Crippen molar-refractivity contribution in [1.82, 2.24) is 10.2 Å². The van der Waals surface area contributed by atoms with Gasteiger partial charge in [0, 0.05) is 19.2 Å². The molecule has 0 unspecified atom stereocenters. The Hall–Kier alpha value is -2.38. The highest BCUT2D eigenvalue weighted by molar-refractivity contribution is 5.97. The van der Waals surface area contributed by atoms with Crippen molar-refractivity contribution >= 4 is 11.8 Å². The zero-order valence-electron chi connectivity index (χ0n) is 16.4. The molecular weight excluding hydrogens is 370 g/mol. The van der Waals surface area contributed by atoms with Crippen molar-refractivity contribution in [2.75, 3.05) is 27.2 Å². The van der Waals surface area contributed by atoms with Gasteiger partial charge in [-0.2, -0.15) is 8.78 Å². The van der Waals surface area contributed by atoms with Crippen LogP contribution in [0.1, 0.15) is 48.9 Å². The van der Waals surface area contributed by atoms with E-state index < -0.39 is 12.5 Å². The first-order chi connectivity index (χ1) is 13.4. The molecule has 0 aromatic heterocycles. The SMILES string of the molecule is COc1cc(C(=O)NCC(=O)N(C)CCC2CCCCC2)ccc1OC(F)F. The molecular formula is C20H28F2N2O4. The number of amides is 2. The molecule has 156 valence electrons. The number of carbonyl (C=O) groups excluding carboxylic acids is 2. The van der Waals surface area contributed by atoms with Gasteiger partial charge in [-0.1, -0.05) is 32.1 Å². The fourth-order valence-electron chi connectivity index (χ4n) is 3.37. The number of carbonyl (C=O) groups is 2. The Kier molecular flexibility index (Phi) is 8.47. The smallest absolute Gasteiger partial charge is 0.387 e. The summed E-state index contributed by atoms with van der Waals surface area (Å²) in [5.74, 6) is -0.124. The zero-order valence-corrected chi connectivity index (χ0v) is 16.4. The van der Waals surface area contributed by atoms with Gasteiger partial charge in [0.05, 0.1) is 13.7 Å². The van der Waals surface area contributed by atoms with Gasteiger partial charge in [0.1, 0.15) is 0 Å². The van der Waals surface area contributed by atoms with Crippen molar-refractivity contribution in [3.05, 3.63) is 23.8 Å². The van der Waals surface area contributed by atoms with E-state index in [1.165, 1.54) is 57.4 Å². The quantitative estimate of drug-likeness (QED) is 0.692. The predicted octanol–water partition coefficient (Wildman–Crippen LogP) is 3.46. The van der Waals surface area contributed by atoms with Crippen LogP contribution < -0.4 is 14.8 Å². The standard InChI is InChI=1S/C20H28F2N2O4/c1-24(11-10-14-6-4-3-5-7-14)18(25)13-23-19(26)15-8-9-16(28-20(21)22)17(12-15)27-2/h8-9,12,14,20H,3-7,10-11,13H2,1-2H3,(H,23,26). The maximum Gasteiger partial charge on any atom is 0.387 e. The summed E-state index contributed by atoms with van der Waals surface area (Å²) >= 11 is 0. The molecule has 1 aliphatic carbocycles. The number of benzene rings is 1. The number of methoxy groups -OCH3 is 1. The third-order valence-electron chi connectivity index (χ3n) is 5.07. The summed E-state index contributed by atoms with van der Waals surface area (Å²) in [4.78, 5) is 26.1. The van der Waals surface area contributed by atoms with Crippen LogP contribution in [-0.2, 0) is 4.79 Å². The van der Waals surface area contributed by atoms with Crippen LogP contribution in [0.5, 0.6) is 11.5 Å². The van der Waals surface area contributed by atoms with Gasteiger partial charge in [0.15, 0.2) is 11.5 Å². The number of rotatable bonds is 9. The van der Waals surface area contributed by atoms with Crippen LogP contribution in [0, 0.1) is 5.92 Å². The summed E-state index contributed by atoms with van der Waals surface area (Å²) in [5, 5.41) is 2.55. The van der Waals surface area contributed by atoms with Gasteiger partial charge in [0.2, 0.25) is 5.91 Å². The lowest BCUT2D eigenvalue weighted by molar-refractivity contribution is -0.129. The van der Waals surface area contributed by atoms with Crippen molar-refractivity contribution < 1.29 is 27.8 Å². The van der Waals surface area contributed by atoms with E-state index in [9.17, 15) is 18.4 Å². The lowest BCUT2D eigenvalue weighted by Gasteiger charge is -2.24. The maximum atomic E-state index is 12.4. The molecule has 0 heterocycles. The molecule has 0 atom stereocenters. The summed E-state index contributed by atoms with van der Waals surface area (Å²) in [6.07, 6.45) is 7.28. The van der Waals surface area contributed by atoms with Crippen LogP contribution in [0.3, 0.4) is 0 Å². The minimum absolute atomic E-state index is 0.0175. The van der Waals surface area contributed by atoms with Crippen LogP contribution in [0.25, 0.3) is 0 Å². The second-order valence-electron chi connectivity index (χ2n) is 7.03. The Morgan fingerprint density at radius 1 is 1.21 bits per heavy atom. The number of hydrogen-bond acceptors (Lipinski definition) is 4. The molecule has 1 aromatic carbocycles. The van der Waals surface area contributed by atoms with Crippen molar-refractivity contribution in [1.29, 1.82) is 0 Å². The summed E-state index contributed by atoms with van der Waals surface area (Å²) in [6.45, 7) is -2.44. The highest BCUT2D eigenvalue weighted by Crippen LogP contribution is 2.29. The van der Waals surface area contributed by atoms with E-state index in [1.54, 1.807) is 11.9 Å². The lowest BCUT2D eigenvalue weighted by Crippen LogP contribution is -2.39. The van der Waals surface area contributed by atoms with Crippen molar-refractivity contribution in [3.8, 4) is 11.5 Å².